The largest absolute Gasteiger partial charge is 0.442 e. The Kier molecular flexibility index (Phi) is 6.75. The highest BCUT2D eigenvalue weighted by Gasteiger charge is 2.22. The topological polar surface area (TPSA) is 32.3 Å². The molecule has 70 valence electrons. The van der Waals surface area contributed by atoms with Gasteiger partial charge in [-0.25, -0.2) is 0 Å². The van der Waals surface area contributed by atoms with E-state index in [4.69, 9.17) is 4.80 Å². The van der Waals surface area contributed by atoms with Gasteiger partial charge in [-0.3, -0.25) is 0 Å². The van der Waals surface area contributed by atoms with E-state index in [1.807, 2.05) is 0 Å². The Morgan fingerprint density at radius 2 is 1.00 bits per heavy atom. The Bertz CT molecular complexity index is 83.0. The first-order chi connectivity index (χ1) is 4.71. The average molecular weight is 210 g/mol. The van der Waals surface area contributed by atoms with Crippen LogP contribution in [0.4, 0.5) is 0 Å². The minimum Gasteiger partial charge on any atom is -0.442 e. The molecule has 0 aliphatic carbocycles. The van der Waals surface area contributed by atoms with Gasteiger partial charge in [-0.05, 0) is 0 Å². The molecule has 0 saturated heterocycles. The summed E-state index contributed by atoms with van der Waals surface area (Å²) in [5, 5.41) is 0. The van der Waals surface area contributed by atoms with Crippen LogP contribution in [0.25, 0.3) is 0 Å². The van der Waals surface area contributed by atoms with Crippen LogP contribution in [-0.4, -0.2) is 31.8 Å². The molecule has 0 atom stereocenters. The van der Waals surface area contributed by atoms with Gasteiger partial charge in [-0.2, -0.15) is 0 Å². The fraction of sp³-hybridized carbons (Fsp3) is 1.00. The highest BCUT2D eigenvalue weighted by molar-refractivity contribution is 6.90. The molecule has 0 bridgehead atoms. The van der Waals surface area contributed by atoms with Crippen LogP contribution in [0.3, 0.4) is 0 Å². The fourth-order valence-corrected chi connectivity index (χ4v) is 10.1. The lowest BCUT2D eigenvalue weighted by Crippen LogP contribution is -2.55. The fourth-order valence-electron chi connectivity index (χ4n) is 1.12. The molecule has 5 heteroatoms. The second kappa shape index (κ2) is 5.26. The molecule has 0 unspecified atom stereocenters. The van der Waals surface area contributed by atoms with Gasteiger partial charge in [0.25, 0.3) is 0 Å². The van der Waals surface area contributed by atoms with Crippen LogP contribution in [0.2, 0.25) is 39.3 Å². The molecule has 0 aromatic heterocycles. The van der Waals surface area contributed by atoms with Crippen molar-refractivity contribution < 1.29 is 4.80 Å². The molecule has 0 aromatic rings. The Hall–Kier alpha value is 0.571. The lowest BCUT2D eigenvalue weighted by molar-refractivity contribution is 0.629. The Morgan fingerprint density at radius 1 is 0.818 bits per heavy atom. The average Bonchev–Trinajstić information content (AvgIpc) is 1.60. The second-order valence-electron chi connectivity index (χ2n) is 4.62. The van der Waals surface area contributed by atoms with Crippen molar-refractivity contribution in [3.63, 3.8) is 0 Å². The number of hydrogen-bond acceptors (Lipinski definition) is 2. The first-order valence-electron chi connectivity index (χ1n) is 3.95. The molecule has 0 fully saturated rings. The van der Waals surface area contributed by atoms with Gasteiger partial charge < -0.3 is 9.44 Å². The SMILES string of the molecule is C[Si](C)(C)N[Si](C)(C)C.O[SiH3]. The summed E-state index contributed by atoms with van der Waals surface area (Å²) >= 11 is 0. The van der Waals surface area contributed by atoms with E-state index in [9.17, 15) is 0 Å². The highest BCUT2D eigenvalue weighted by atomic mass is 28.4. The molecule has 0 aliphatic heterocycles. The molecule has 0 aliphatic rings. The van der Waals surface area contributed by atoms with Crippen molar-refractivity contribution in [2.75, 3.05) is 0 Å². The zero-order valence-corrected chi connectivity index (χ0v) is 12.9. The third-order valence-corrected chi connectivity index (χ3v) is 6.75. The molecule has 0 rings (SSSR count). The number of hydrogen-bond donors (Lipinski definition) is 2. The van der Waals surface area contributed by atoms with Gasteiger partial charge in [0.1, 0.15) is 27.0 Å². The molecular formula is C6H23NOSi3. The summed E-state index contributed by atoms with van der Waals surface area (Å²) < 4.78 is 3.74. The normalized spacial score (nSPS) is 12.3. The molecule has 2 N–H and O–H groups in total. The van der Waals surface area contributed by atoms with Crippen LogP contribution in [0.1, 0.15) is 0 Å². The van der Waals surface area contributed by atoms with Crippen molar-refractivity contribution in [1.29, 1.82) is 0 Å². The van der Waals surface area contributed by atoms with Crippen molar-refractivity contribution in [3.05, 3.63) is 0 Å². The summed E-state index contributed by atoms with van der Waals surface area (Å²) in [5.41, 5.74) is 0. The predicted octanol–water partition coefficient (Wildman–Crippen LogP) is 0.505. The van der Waals surface area contributed by atoms with Crippen LogP contribution < -0.4 is 4.65 Å². The van der Waals surface area contributed by atoms with Gasteiger partial charge in [0.05, 0.1) is 0 Å². The maximum absolute atomic E-state index is 7.14. The first kappa shape index (κ1) is 14.1. The van der Waals surface area contributed by atoms with Crippen molar-refractivity contribution in [2.24, 2.45) is 0 Å². The number of rotatable bonds is 2. The van der Waals surface area contributed by atoms with E-state index in [1.165, 1.54) is 0 Å². The van der Waals surface area contributed by atoms with E-state index in [0.717, 1.165) is 0 Å². The summed E-state index contributed by atoms with van der Waals surface area (Å²) in [7, 11) is -1.66. The third-order valence-electron chi connectivity index (χ3n) is 0.750. The molecule has 0 aromatic carbocycles. The molecule has 0 spiro atoms. The van der Waals surface area contributed by atoms with E-state index in [1.54, 1.807) is 0 Å². The van der Waals surface area contributed by atoms with Gasteiger partial charge >= 0.3 is 0 Å². The molecule has 2 nitrogen and oxygen atoms in total. The van der Waals surface area contributed by atoms with E-state index >= 15 is 0 Å². The standard InChI is InChI=1S/C6H19NSi2.H4OSi/c1-8(2,3)7-9(4,5)6;1-2/h7H,1-6H3;1H,2H3. The van der Waals surface area contributed by atoms with Crippen LogP contribution in [0.15, 0.2) is 0 Å². The maximum Gasteiger partial charge on any atom is 0.141 e. The van der Waals surface area contributed by atoms with Crippen LogP contribution in [-0.2, 0) is 0 Å². The minimum absolute atomic E-state index is 0.306. The van der Waals surface area contributed by atoms with E-state index < -0.39 is 16.5 Å². The maximum atomic E-state index is 7.14. The summed E-state index contributed by atoms with van der Waals surface area (Å²) in [5.74, 6) is 0. The third kappa shape index (κ3) is 18.0. The van der Waals surface area contributed by atoms with Crippen LogP contribution in [0, 0.1) is 0 Å². The predicted molar refractivity (Wildman–Crippen MR) is 62.0 cm³/mol. The monoisotopic (exact) mass is 209 g/mol. The summed E-state index contributed by atoms with van der Waals surface area (Å²) in [6.07, 6.45) is 0. The lowest BCUT2D eigenvalue weighted by atomic mass is 11.8. The van der Waals surface area contributed by atoms with Gasteiger partial charge in [-0.15, -0.1) is 0 Å². The molecule has 0 heterocycles. The van der Waals surface area contributed by atoms with Gasteiger partial charge in [0.2, 0.25) is 0 Å². The smallest absolute Gasteiger partial charge is 0.141 e. The quantitative estimate of drug-likeness (QED) is 0.650. The first-order valence-corrected chi connectivity index (χ1v) is 11.8. The minimum atomic E-state index is -0.981. The lowest BCUT2D eigenvalue weighted by Gasteiger charge is -2.28. The summed E-state index contributed by atoms with van der Waals surface area (Å²) in [6, 6.07) is 0. The Balaban J connectivity index is 0. The number of nitrogens with one attached hydrogen (secondary N) is 1. The van der Waals surface area contributed by atoms with Gasteiger partial charge in [0.15, 0.2) is 0 Å². The Labute approximate surface area is 76.1 Å². The summed E-state index contributed by atoms with van der Waals surface area (Å²) in [4.78, 5) is 7.14. The zero-order chi connectivity index (χ0) is 9.71. The van der Waals surface area contributed by atoms with E-state index in [-0.39, 0.29) is 0 Å². The molecule has 0 saturated carbocycles. The van der Waals surface area contributed by atoms with Crippen LogP contribution in [0.5, 0.6) is 0 Å². The van der Waals surface area contributed by atoms with E-state index in [2.05, 4.69) is 43.9 Å². The molecular weight excluding hydrogens is 186 g/mol. The highest BCUT2D eigenvalue weighted by Crippen LogP contribution is 2.02. The van der Waals surface area contributed by atoms with Crippen molar-refractivity contribution in [3.8, 4) is 0 Å². The van der Waals surface area contributed by atoms with Gasteiger partial charge in [-0.1, -0.05) is 39.3 Å². The van der Waals surface area contributed by atoms with Crippen molar-refractivity contribution in [1.82, 2.24) is 4.65 Å². The van der Waals surface area contributed by atoms with Crippen molar-refractivity contribution in [2.45, 2.75) is 39.3 Å². The molecule has 0 amide bonds. The summed E-state index contributed by atoms with van der Waals surface area (Å²) in [6.45, 7) is 14.1. The van der Waals surface area contributed by atoms with Crippen molar-refractivity contribution >= 4 is 27.0 Å². The van der Waals surface area contributed by atoms with Gasteiger partial charge in [0, 0.05) is 0 Å². The molecule has 0 radical (unpaired) electrons. The molecule has 11 heavy (non-hydrogen) atoms. The Morgan fingerprint density at radius 3 is 1.00 bits per heavy atom. The zero-order valence-electron chi connectivity index (χ0n) is 8.95. The second-order valence-corrected chi connectivity index (χ2v) is 14.6. The van der Waals surface area contributed by atoms with E-state index in [0.29, 0.717) is 10.5 Å². The van der Waals surface area contributed by atoms with Crippen LogP contribution >= 0.6 is 0 Å².